The fourth-order valence-corrected chi connectivity index (χ4v) is 14.7. The van der Waals surface area contributed by atoms with Crippen LogP contribution in [0.1, 0.15) is 146 Å². The van der Waals surface area contributed by atoms with Gasteiger partial charge in [-0.25, -0.2) is 0 Å². The maximum absolute atomic E-state index is 7.49. The molecule has 5 nitrogen and oxygen atoms in total. The summed E-state index contributed by atoms with van der Waals surface area (Å²) in [6.45, 7) is 12.9. The summed E-state index contributed by atoms with van der Waals surface area (Å²) in [7, 11) is 0. The molecule has 4 aromatic heterocycles. The van der Waals surface area contributed by atoms with Crippen molar-refractivity contribution in [2.45, 2.75) is 118 Å². The zero-order valence-corrected chi connectivity index (χ0v) is 39.0. The van der Waals surface area contributed by atoms with E-state index in [9.17, 15) is 0 Å². The van der Waals surface area contributed by atoms with Gasteiger partial charge in [-0.3, -0.25) is 0 Å². The molecule has 0 radical (unpaired) electrons. The number of fused-ring (bicyclic) bond motifs is 13. The number of nitrogens with one attached hydrogen (secondary N) is 4. The van der Waals surface area contributed by atoms with Crippen molar-refractivity contribution in [1.29, 1.82) is 0 Å². The largest absolute Gasteiger partial charge is 0.486 e. The Labute approximate surface area is 380 Å². The van der Waals surface area contributed by atoms with Crippen LogP contribution in [0.15, 0.2) is 109 Å². The van der Waals surface area contributed by atoms with Gasteiger partial charge in [0, 0.05) is 44.3 Å². The Morgan fingerprint density at radius 2 is 1.23 bits per heavy atom. The van der Waals surface area contributed by atoms with Crippen molar-refractivity contribution >= 4 is 23.0 Å². The number of ether oxygens (including phenoxy) is 1. The topological polar surface area (TPSA) is 72.4 Å². The second kappa shape index (κ2) is 16.7. The Balaban J connectivity index is 0.938. The highest BCUT2D eigenvalue weighted by molar-refractivity contribution is 5.79. The summed E-state index contributed by atoms with van der Waals surface area (Å²) in [5.74, 6) is 6.87. The van der Waals surface area contributed by atoms with E-state index >= 15 is 0 Å². The van der Waals surface area contributed by atoms with Gasteiger partial charge >= 0.3 is 0 Å². The van der Waals surface area contributed by atoms with Gasteiger partial charge in [0.25, 0.3) is 0 Å². The standard InChI is InChI=1S/C59H70N4O/c1-37(2)13-12-14-38(3)46-23-24-47-45-22-19-41-35-44(31-33-58(41,4)48(45)32-34-59(46,47)5)64-57-53-29-27-51(62-53)55(39-15-8-6-9-16-39)49-25-20-42(60-49)36-43-21-26-50(61-43)56(40-17-10-7-11-18-40)52-28-30-54(57)63-52/h6-11,15-18,20-21,25-30,36-38,41,44-48,60-63H,12-14,19,22-24,31-35H2,1-5H3. The van der Waals surface area contributed by atoms with Crippen LogP contribution in [0, 0.1) is 52.3 Å². The minimum absolute atomic E-state index is 0.160. The molecule has 5 heterocycles. The Morgan fingerprint density at radius 1 is 0.578 bits per heavy atom. The molecule has 8 bridgehead atoms. The van der Waals surface area contributed by atoms with E-state index in [0.717, 1.165) is 121 Å². The molecule has 4 aliphatic carbocycles. The highest BCUT2D eigenvalue weighted by Gasteiger charge is 2.60. The number of benzene rings is 2. The lowest BCUT2D eigenvalue weighted by Crippen LogP contribution is -2.54. The van der Waals surface area contributed by atoms with Gasteiger partial charge in [0.2, 0.25) is 0 Å². The van der Waals surface area contributed by atoms with Crippen molar-refractivity contribution in [3.63, 3.8) is 0 Å². The Bertz CT molecular complexity index is 2850. The quantitative estimate of drug-likeness (QED) is 0.115. The van der Waals surface area contributed by atoms with Crippen LogP contribution in [0.5, 0.6) is 0 Å². The van der Waals surface area contributed by atoms with E-state index in [4.69, 9.17) is 4.74 Å². The number of hydrogen-bond donors (Lipinski definition) is 4. The predicted molar refractivity (Wildman–Crippen MR) is 262 cm³/mol. The van der Waals surface area contributed by atoms with Gasteiger partial charge in [0.05, 0.1) is 17.1 Å². The molecule has 11 rings (SSSR count). The summed E-state index contributed by atoms with van der Waals surface area (Å²) in [5.41, 5.74) is 9.71. The average molecular weight is 851 g/mol. The molecule has 0 amide bonds. The fraction of sp³-hybridized carbons (Fsp3) is 0.458. The summed E-state index contributed by atoms with van der Waals surface area (Å²) >= 11 is 0. The van der Waals surface area contributed by atoms with Crippen LogP contribution in [-0.4, -0.2) is 26.0 Å². The molecule has 0 saturated heterocycles. The highest BCUT2D eigenvalue weighted by atomic mass is 16.5. The highest BCUT2D eigenvalue weighted by Crippen LogP contribution is 2.68. The molecule has 4 N–H and O–H groups in total. The van der Waals surface area contributed by atoms with Gasteiger partial charge in [0.15, 0.2) is 5.76 Å². The van der Waals surface area contributed by atoms with Gasteiger partial charge in [-0.2, -0.15) is 0 Å². The van der Waals surface area contributed by atoms with Crippen LogP contribution >= 0.6 is 0 Å². The minimum Gasteiger partial charge on any atom is -0.486 e. The Hall–Kier alpha value is -5.16. The van der Waals surface area contributed by atoms with Gasteiger partial charge < -0.3 is 24.7 Å². The van der Waals surface area contributed by atoms with E-state index in [-0.39, 0.29) is 6.10 Å². The van der Waals surface area contributed by atoms with Crippen LogP contribution in [0.25, 0.3) is 23.0 Å². The third kappa shape index (κ3) is 7.39. The van der Waals surface area contributed by atoms with Crippen molar-refractivity contribution in [3.05, 3.63) is 164 Å². The average Bonchev–Trinajstić information content (AvgIpc) is 4.16. The third-order valence-corrected chi connectivity index (χ3v) is 17.9. The van der Waals surface area contributed by atoms with Gasteiger partial charge in [-0.15, -0.1) is 0 Å². The molecule has 5 heteroatoms. The van der Waals surface area contributed by atoms with Crippen molar-refractivity contribution < 1.29 is 4.74 Å². The number of H-pyrrole nitrogens is 4. The molecule has 4 saturated carbocycles. The number of hydrogen-bond acceptors (Lipinski definition) is 1. The van der Waals surface area contributed by atoms with Crippen LogP contribution in [0.4, 0.5) is 0 Å². The first kappa shape index (κ1) is 41.5. The van der Waals surface area contributed by atoms with Crippen LogP contribution in [-0.2, 0) is 4.74 Å². The molecule has 332 valence electrons. The minimum atomic E-state index is 0.160. The second-order valence-electron chi connectivity index (χ2n) is 21.9. The molecule has 0 spiro atoms. The number of rotatable bonds is 9. The lowest BCUT2D eigenvalue weighted by molar-refractivity contribution is -0.129. The van der Waals surface area contributed by atoms with E-state index in [2.05, 4.69) is 170 Å². The first-order valence-electron chi connectivity index (χ1n) is 25.2. The van der Waals surface area contributed by atoms with E-state index in [1.807, 2.05) is 0 Å². The lowest BCUT2D eigenvalue weighted by Gasteiger charge is -2.61. The summed E-state index contributed by atoms with van der Waals surface area (Å²) in [4.78, 5) is 15.4. The molecule has 2 aromatic carbocycles. The summed E-state index contributed by atoms with van der Waals surface area (Å²) in [5, 5.41) is 4.18. The Kier molecular flexibility index (Phi) is 10.8. The number of aromatic amines is 4. The molecular weight excluding hydrogens is 781 g/mol. The van der Waals surface area contributed by atoms with Crippen molar-refractivity contribution in [1.82, 2.24) is 19.9 Å². The summed E-state index contributed by atoms with van der Waals surface area (Å²) in [6.07, 6.45) is 18.7. The van der Waals surface area contributed by atoms with Crippen molar-refractivity contribution in [2.24, 2.45) is 52.3 Å². The molecule has 4 fully saturated rings. The first-order chi connectivity index (χ1) is 31.1. The van der Waals surface area contributed by atoms with E-state index in [0.29, 0.717) is 16.7 Å². The zero-order valence-electron chi connectivity index (χ0n) is 39.0. The Morgan fingerprint density at radius 3 is 2.00 bits per heavy atom. The molecular formula is C59H70N4O. The van der Waals surface area contributed by atoms with Gasteiger partial charge in [0.1, 0.15) is 0 Å². The smallest absolute Gasteiger partial charge is 0.166 e. The van der Waals surface area contributed by atoms with Crippen LogP contribution in [0.3, 0.4) is 0 Å². The summed E-state index contributed by atoms with van der Waals surface area (Å²) < 4.78 is 7.49. The van der Waals surface area contributed by atoms with Gasteiger partial charge in [-0.05, 0) is 176 Å². The van der Waals surface area contributed by atoms with Crippen molar-refractivity contribution in [3.8, 4) is 0 Å². The maximum Gasteiger partial charge on any atom is 0.166 e. The second-order valence-corrected chi connectivity index (χ2v) is 21.9. The molecule has 9 atom stereocenters. The third-order valence-electron chi connectivity index (χ3n) is 17.9. The van der Waals surface area contributed by atoms with Gasteiger partial charge in [-0.1, -0.05) is 115 Å². The SMILES string of the molecule is CC(C)CCCC(C)C1CCC2C3CCC4CC(OC5=c6ccc([nH]6)=C(c6ccccc6)c6ccc([nH]6)C=c6ccc([nH]6)=C(c6ccccc6)c6ccc5[nH]6)CCC4(C)C3CCC12C. The lowest BCUT2D eigenvalue weighted by atomic mass is 9.44. The maximum atomic E-state index is 7.49. The summed E-state index contributed by atoms with van der Waals surface area (Å²) in [6, 6.07) is 39.2. The monoisotopic (exact) mass is 851 g/mol. The van der Waals surface area contributed by atoms with E-state index in [1.165, 1.54) is 64.2 Å². The van der Waals surface area contributed by atoms with E-state index < -0.39 is 0 Å². The molecule has 6 aromatic rings. The van der Waals surface area contributed by atoms with Crippen molar-refractivity contribution in [2.75, 3.05) is 0 Å². The number of aromatic nitrogens is 4. The van der Waals surface area contributed by atoms with Crippen LogP contribution < -0.4 is 21.4 Å². The fourth-order valence-electron chi connectivity index (χ4n) is 14.7. The predicted octanol–water partition coefficient (Wildman–Crippen LogP) is 11.3. The normalized spacial score (nSPS) is 29.2. The van der Waals surface area contributed by atoms with E-state index in [1.54, 1.807) is 0 Å². The molecule has 5 aliphatic rings. The first-order valence-corrected chi connectivity index (χ1v) is 25.2. The molecule has 1 aliphatic heterocycles. The molecule has 64 heavy (non-hydrogen) atoms. The van der Waals surface area contributed by atoms with Crippen LogP contribution in [0.2, 0.25) is 0 Å². The molecule has 9 unspecified atom stereocenters. The zero-order chi connectivity index (χ0) is 43.6.